The fourth-order valence-corrected chi connectivity index (χ4v) is 5.12. The molecular formula is C32H50O9. The van der Waals surface area contributed by atoms with Gasteiger partial charge in [-0.3, -0.25) is 0 Å². The van der Waals surface area contributed by atoms with Crippen molar-refractivity contribution >= 4 is 18.0 Å². The SMILES string of the molecule is CCCCCCCCCCCCCCCCOC(=O)[C@]1(O)C[C@@H](O)[C@@H](O)[C@H](OC(=O)/C=C/c2ccc(O)c(O)c2)C1. The van der Waals surface area contributed by atoms with Crippen molar-refractivity contribution in [2.24, 2.45) is 0 Å². The Morgan fingerprint density at radius 3 is 1.98 bits per heavy atom. The predicted octanol–water partition coefficient (Wildman–Crippen LogP) is 5.29. The van der Waals surface area contributed by atoms with Crippen LogP contribution in [0.3, 0.4) is 0 Å². The third-order valence-corrected chi connectivity index (χ3v) is 7.65. The molecular weight excluding hydrogens is 528 g/mol. The van der Waals surface area contributed by atoms with Crippen LogP contribution in [-0.4, -0.2) is 68.0 Å². The van der Waals surface area contributed by atoms with E-state index in [1.165, 1.54) is 88.5 Å². The molecule has 9 nitrogen and oxygen atoms in total. The molecule has 0 spiro atoms. The summed E-state index contributed by atoms with van der Waals surface area (Å²) in [5.41, 5.74) is -1.68. The van der Waals surface area contributed by atoms with Gasteiger partial charge in [0, 0.05) is 18.9 Å². The fourth-order valence-electron chi connectivity index (χ4n) is 5.12. The smallest absolute Gasteiger partial charge is 0.338 e. The molecule has 0 radical (unpaired) electrons. The molecule has 0 aliphatic heterocycles. The second-order valence-corrected chi connectivity index (χ2v) is 11.3. The van der Waals surface area contributed by atoms with Gasteiger partial charge in [-0.05, 0) is 30.2 Å². The maximum Gasteiger partial charge on any atom is 0.338 e. The third-order valence-electron chi connectivity index (χ3n) is 7.65. The summed E-state index contributed by atoms with van der Waals surface area (Å²) in [7, 11) is 0. The summed E-state index contributed by atoms with van der Waals surface area (Å²) in [5, 5.41) is 50.3. The zero-order valence-electron chi connectivity index (χ0n) is 24.5. The summed E-state index contributed by atoms with van der Waals surface area (Å²) < 4.78 is 10.5. The highest BCUT2D eigenvalue weighted by Gasteiger charge is 2.51. The number of aliphatic hydroxyl groups is 3. The monoisotopic (exact) mass is 578 g/mol. The maximum absolute atomic E-state index is 12.6. The molecule has 1 aliphatic carbocycles. The first-order valence-electron chi connectivity index (χ1n) is 15.3. The van der Waals surface area contributed by atoms with Crippen LogP contribution >= 0.6 is 0 Å². The van der Waals surface area contributed by atoms with Crippen molar-refractivity contribution in [1.82, 2.24) is 0 Å². The predicted molar refractivity (Wildman–Crippen MR) is 156 cm³/mol. The molecule has 0 bridgehead atoms. The van der Waals surface area contributed by atoms with Gasteiger partial charge < -0.3 is 35.0 Å². The van der Waals surface area contributed by atoms with Crippen LogP contribution in [0.25, 0.3) is 6.08 Å². The van der Waals surface area contributed by atoms with Gasteiger partial charge in [0.2, 0.25) is 0 Å². The van der Waals surface area contributed by atoms with Crippen LogP contribution in [0.5, 0.6) is 11.5 Å². The van der Waals surface area contributed by atoms with Crippen molar-refractivity contribution in [3.63, 3.8) is 0 Å². The fraction of sp³-hybridized carbons (Fsp3) is 0.688. The molecule has 5 N–H and O–H groups in total. The van der Waals surface area contributed by atoms with E-state index >= 15 is 0 Å². The number of hydrogen-bond donors (Lipinski definition) is 5. The molecule has 1 aromatic rings. The molecule has 0 unspecified atom stereocenters. The number of phenolic OH excluding ortho intramolecular Hbond substituents is 2. The molecule has 1 saturated carbocycles. The van der Waals surface area contributed by atoms with E-state index < -0.39 is 48.7 Å². The van der Waals surface area contributed by atoms with Crippen LogP contribution in [0, 0.1) is 0 Å². The van der Waals surface area contributed by atoms with Gasteiger partial charge in [0.25, 0.3) is 0 Å². The van der Waals surface area contributed by atoms with Gasteiger partial charge >= 0.3 is 11.9 Å². The summed E-state index contributed by atoms with van der Waals surface area (Å²) in [6.45, 7) is 2.38. The van der Waals surface area contributed by atoms with Crippen molar-refractivity contribution in [3.8, 4) is 11.5 Å². The second-order valence-electron chi connectivity index (χ2n) is 11.3. The number of aromatic hydroxyl groups is 2. The Labute approximate surface area is 244 Å². The van der Waals surface area contributed by atoms with Crippen LogP contribution in [-0.2, 0) is 19.1 Å². The molecule has 0 saturated heterocycles. The van der Waals surface area contributed by atoms with Crippen molar-refractivity contribution < 1.29 is 44.6 Å². The molecule has 0 heterocycles. The minimum atomic E-state index is -2.09. The summed E-state index contributed by atoms with van der Waals surface area (Å²) in [4.78, 5) is 24.9. The number of esters is 2. The van der Waals surface area contributed by atoms with Crippen LogP contribution in [0.15, 0.2) is 24.3 Å². The maximum atomic E-state index is 12.6. The van der Waals surface area contributed by atoms with Gasteiger partial charge in [-0.1, -0.05) is 96.5 Å². The summed E-state index contributed by atoms with van der Waals surface area (Å²) in [5.74, 6) is -2.45. The van der Waals surface area contributed by atoms with Crippen molar-refractivity contribution in [2.45, 2.75) is 134 Å². The third kappa shape index (κ3) is 12.8. The average Bonchev–Trinajstić information content (AvgIpc) is 2.94. The van der Waals surface area contributed by atoms with Gasteiger partial charge in [-0.2, -0.15) is 0 Å². The number of hydrogen-bond acceptors (Lipinski definition) is 9. The summed E-state index contributed by atoms with van der Waals surface area (Å²) in [6, 6.07) is 3.96. The van der Waals surface area contributed by atoms with Crippen LogP contribution < -0.4 is 0 Å². The van der Waals surface area contributed by atoms with E-state index in [1.54, 1.807) is 0 Å². The van der Waals surface area contributed by atoms with E-state index in [4.69, 9.17) is 9.47 Å². The average molecular weight is 579 g/mol. The highest BCUT2D eigenvalue weighted by Crippen LogP contribution is 2.32. The molecule has 41 heavy (non-hydrogen) atoms. The lowest BCUT2D eigenvalue weighted by Gasteiger charge is -2.39. The zero-order valence-corrected chi connectivity index (χ0v) is 24.5. The highest BCUT2D eigenvalue weighted by atomic mass is 16.6. The first-order valence-corrected chi connectivity index (χ1v) is 15.3. The van der Waals surface area contributed by atoms with Gasteiger partial charge in [-0.25, -0.2) is 9.59 Å². The lowest BCUT2D eigenvalue weighted by molar-refractivity contribution is -0.200. The van der Waals surface area contributed by atoms with Crippen LogP contribution in [0.1, 0.15) is 115 Å². The zero-order chi connectivity index (χ0) is 30.1. The first kappa shape index (κ1) is 34.6. The molecule has 4 atom stereocenters. The number of aliphatic hydroxyl groups excluding tert-OH is 2. The number of rotatable bonds is 19. The Morgan fingerprint density at radius 2 is 1.41 bits per heavy atom. The van der Waals surface area contributed by atoms with E-state index in [2.05, 4.69) is 6.92 Å². The molecule has 1 aliphatic rings. The first-order chi connectivity index (χ1) is 19.7. The van der Waals surface area contributed by atoms with Gasteiger partial charge in [0.1, 0.15) is 12.2 Å². The number of carbonyl (C=O) groups is 2. The van der Waals surface area contributed by atoms with Gasteiger partial charge in [-0.15, -0.1) is 0 Å². The van der Waals surface area contributed by atoms with Gasteiger partial charge in [0.15, 0.2) is 17.1 Å². The molecule has 232 valence electrons. The van der Waals surface area contributed by atoms with Gasteiger partial charge in [0.05, 0.1) is 12.7 Å². The summed E-state index contributed by atoms with van der Waals surface area (Å²) >= 11 is 0. The second kappa shape index (κ2) is 18.7. The topological polar surface area (TPSA) is 154 Å². The quantitative estimate of drug-likeness (QED) is 0.0637. The minimum Gasteiger partial charge on any atom is -0.504 e. The van der Waals surface area contributed by atoms with E-state index in [0.717, 1.165) is 25.3 Å². The number of unbranched alkanes of at least 4 members (excludes halogenated alkanes) is 13. The Morgan fingerprint density at radius 1 is 0.854 bits per heavy atom. The standard InChI is InChI=1S/C32H50O9/c1-2-3-4-5-6-7-8-9-10-11-12-13-14-15-20-40-31(38)32(39)22-27(35)30(37)28(23-32)41-29(36)19-17-24-16-18-25(33)26(34)21-24/h16-19,21,27-28,30,33-35,37,39H,2-15,20,22-23H2,1H3/b19-17+/t27-,28-,30-,32+/m1/s1. The van der Waals surface area contributed by atoms with Crippen molar-refractivity contribution in [1.29, 1.82) is 0 Å². The Balaban J connectivity index is 1.64. The number of benzene rings is 1. The highest BCUT2D eigenvalue weighted by molar-refractivity contribution is 5.87. The van der Waals surface area contributed by atoms with Crippen LogP contribution in [0.2, 0.25) is 0 Å². The lowest BCUT2D eigenvalue weighted by Crippen LogP contribution is -2.57. The molecule has 2 rings (SSSR count). The van der Waals surface area contributed by atoms with E-state index in [0.29, 0.717) is 12.0 Å². The molecule has 0 amide bonds. The Hall–Kier alpha value is -2.62. The molecule has 1 aromatic carbocycles. The lowest BCUT2D eigenvalue weighted by atomic mass is 9.79. The number of ether oxygens (including phenoxy) is 2. The normalized spacial score (nSPS) is 22.6. The molecule has 1 fully saturated rings. The van der Waals surface area contributed by atoms with Crippen molar-refractivity contribution in [3.05, 3.63) is 29.8 Å². The minimum absolute atomic E-state index is 0.143. The number of carbonyl (C=O) groups excluding carboxylic acids is 2. The Bertz CT molecular complexity index is 947. The Kier molecular flexibility index (Phi) is 15.8. The van der Waals surface area contributed by atoms with Crippen molar-refractivity contribution in [2.75, 3.05) is 6.61 Å². The number of phenols is 2. The largest absolute Gasteiger partial charge is 0.504 e. The molecule has 0 aromatic heterocycles. The van der Waals surface area contributed by atoms with Crippen LogP contribution in [0.4, 0.5) is 0 Å². The molecule has 9 heteroatoms. The van der Waals surface area contributed by atoms with E-state index in [-0.39, 0.29) is 18.1 Å². The van der Waals surface area contributed by atoms with E-state index in [9.17, 15) is 35.1 Å². The summed E-state index contributed by atoms with van der Waals surface area (Å²) in [6.07, 6.45) is 14.1. The van der Waals surface area contributed by atoms with E-state index in [1.807, 2.05) is 0 Å².